The van der Waals surface area contributed by atoms with Crippen molar-refractivity contribution >= 4 is 24.3 Å². The van der Waals surface area contributed by atoms with Gasteiger partial charge < -0.3 is 24.6 Å². The van der Waals surface area contributed by atoms with Crippen LogP contribution in [0.1, 0.15) is 15.9 Å². The van der Waals surface area contributed by atoms with Crippen LogP contribution in [0, 0.1) is 0 Å². The lowest BCUT2D eigenvalue weighted by molar-refractivity contribution is 0.0963. The summed E-state index contributed by atoms with van der Waals surface area (Å²) >= 11 is 0. The predicted octanol–water partition coefficient (Wildman–Crippen LogP) is 0.792. The summed E-state index contributed by atoms with van der Waals surface area (Å²) in [4.78, 5) is 16.0. The van der Waals surface area contributed by atoms with E-state index in [4.69, 9.17) is 14.7 Å². The molecule has 0 fully saturated rings. The molecule has 2 aromatic carbocycles. The summed E-state index contributed by atoms with van der Waals surface area (Å²) in [5, 5.41) is 20.1. The van der Waals surface area contributed by atoms with E-state index in [1.165, 1.54) is 0 Å². The number of fused-ring (bicyclic) bond motifs is 1. The molecule has 8 heteroatoms. The molecule has 7 nitrogen and oxygen atoms in total. The van der Waals surface area contributed by atoms with Crippen molar-refractivity contribution in [3.8, 4) is 5.75 Å². The number of amides is 1. The quantitative estimate of drug-likeness (QED) is 0.603. The van der Waals surface area contributed by atoms with Gasteiger partial charge in [-0.1, -0.05) is 12.1 Å². The molecule has 0 spiro atoms. The lowest BCUT2D eigenvalue weighted by atomic mass is 10.1. The van der Waals surface area contributed by atoms with Gasteiger partial charge in [-0.3, -0.25) is 4.79 Å². The van der Waals surface area contributed by atoms with Gasteiger partial charge in [0.1, 0.15) is 5.75 Å². The standard InChI is InChI=1S/C16H16BN3O4/c1-18-16(21)12-4-7-15-14(8-12)19-10-20(15)9-11-2-5-13(6-3-11)24-17(22)23/h2-8,10,22-23H,9H2,1H3,(H,18,21). The van der Waals surface area contributed by atoms with Crippen LogP contribution in [0.5, 0.6) is 5.75 Å². The van der Waals surface area contributed by atoms with E-state index in [1.54, 1.807) is 37.6 Å². The largest absolute Gasteiger partial charge is 0.707 e. The molecule has 0 unspecified atom stereocenters. The number of aromatic nitrogens is 2. The summed E-state index contributed by atoms with van der Waals surface area (Å²) in [6.07, 6.45) is 1.72. The number of benzene rings is 2. The van der Waals surface area contributed by atoms with Gasteiger partial charge in [-0.2, -0.15) is 0 Å². The lowest BCUT2D eigenvalue weighted by Crippen LogP contribution is -2.20. The minimum absolute atomic E-state index is 0.145. The van der Waals surface area contributed by atoms with Crippen LogP contribution in [0.15, 0.2) is 48.8 Å². The first kappa shape index (κ1) is 16.0. The van der Waals surface area contributed by atoms with Crippen LogP contribution in [0.4, 0.5) is 0 Å². The van der Waals surface area contributed by atoms with Crippen LogP contribution in [-0.4, -0.2) is 39.9 Å². The highest BCUT2D eigenvalue weighted by Crippen LogP contribution is 2.18. The third-order valence-corrected chi connectivity index (χ3v) is 3.63. The van der Waals surface area contributed by atoms with Crippen LogP contribution in [-0.2, 0) is 6.54 Å². The molecular formula is C16H16BN3O4. The van der Waals surface area contributed by atoms with Gasteiger partial charge in [0, 0.05) is 19.2 Å². The molecule has 0 atom stereocenters. The Morgan fingerprint density at radius 2 is 2.00 bits per heavy atom. The highest BCUT2D eigenvalue weighted by molar-refractivity contribution is 6.33. The van der Waals surface area contributed by atoms with Gasteiger partial charge in [-0.05, 0) is 35.9 Å². The smallest absolute Gasteiger partial charge is 0.512 e. The number of carbonyl (C=O) groups is 1. The molecule has 0 aliphatic heterocycles. The Balaban J connectivity index is 1.81. The molecule has 0 saturated carbocycles. The maximum Gasteiger partial charge on any atom is 0.707 e. The second-order valence-electron chi connectivity index (χ2n) is 5.24. The average molecular weight is 325 g/mol. The molecule has 0 radical (unpaired) electrons. The molecule has 122 valence electrons. The third kappa shape index (κ3) is 3.39. The van der Waals surface area contributed by atoms with Gasteiger partial charge in [0.15, 0.2) is 0 Å². The second kappa shape index (κ2) is 6.73. The van der Waals surface area contributed by atoms with E-state index in [9.17, 15) is 4.79 Å². The maximum absolute atomic E-state index is 11.7. The number of rotatable bonds is 5. The van der Waals surface area contributed by atoms with E-state index >= 15 is 0 Å². The minimum Gasteiger partial charge on any atom is -0.512 e. The fourth-order valence-electron chi connectivity index (χ4n) is 2.47. The van der Waals surface area contributed by atoms with Crippen LogP contribution in [0.25, 0.3) is 11.0 Å². The third-order valence-electron chi connectivity index (χ3n) is 3.63. The van der Waals surface area contributed by atoms with E-state index in [1.807, 2.05) is 22.8 Å². The van der Waals surface area contributed by atoms with Gasteiger partial charge in [0.25, 0.3) is 5.91 Å². The lowest BCUT2D eigenvalue weighted by Gasteiger charge is -2.08. The summed E-state index contributed by atoms with van der Waals surface area (Å²) in [6.45, 7) is 0.595. The fraction of sp³-hybridized carbons (Fsp3) is 0.125. The Morgan fingerprint density at radius 1 is 1.25 bits per heavy atom. The van der Waals surface area contributed by atoms with E-state index in [-0.39, 0.29) is 5.91 Å². The zero-order chi connectivity index (χ0) is 17.1. The first-order valence-corrected chi connectivity index (χ1v) is 7.35. The van der Waals surface area contributed by atoms with Crippen molar-refractivity contribution in [2.45, 2.75) is 6.54 Å². The zero-order valence-electron chi connectivity index (χ0n) is 13.0. The Kier molecular flexibility index (Phi) is 4.50. The van der Waals surface area contributed by atoms with Crippen LogP contribution in [0.2, 0.25) is 0 Å². The summed E-state index contributed by atoms with van der Waals surface area (Å²) in [5.41, 5.74) is 3.25. The highest BCUT2D eigenvalue weighted by atomic mass is 16.6. The molecule has 3 N–H and O–H groups in total. The topological polar surface area (TPSA) is 96.6 Å². The zero-order valence-corrected chi connectivity index (χ0v) is 13.0. The number of nitrogens with one attached hydrogen (secondary N) is 1. The van der Waals surface area contributed by atoms with E-state index in [0.717, 1.165) is 16.6 Å². The van der Waals surface area contributed by atoms with E-state index in [0.29, 0.717) is 17.9 Å². The van der Waals surface area contributed by atoms with Gasteiger partial charge in [-0.25, -0.2) is 4.98 Å². The normalized spacial score (nSPS) is 10.6. The van der Waals surface area contributed by atoms with Crippen molar-refractivity contribution in [1.29, 1.82) is 0 Å². The summed E-state index contributed by atoms with van der Waals surface area (Å²) in [5.74, 6) is 0.229. The molecule has 0 bridgehead atoms. The molecule has 3 aromatic rings. The summed E-state index contributed by atoms with van der Waals surface area (Å²) in [7, 11) is -0.239. The number of hydrogen-bond acceptors (Lipinski definition) is 5. The number of hydrogen-bond donors (Lipinski definition) is 3. The molecule has 24 heavy (non-hydrogen) atoms. The Hall–Kier alpha value is -2.84. The van der Waals surface area contributed by atoms with Crippen molar-refractivity contribution in [3.05, 3.63) is 59.9 Å². The average Bonchev–Trinajstić information content (AvgIpc) is 2.97. The van der Waals surface area contributed by atoms with Crippen LogP contribution >= 0.6 is 0 Å². The second-order valence-corrected chi connectivity index (χ2v) is 5.24. The molecule has 0 saturated heterocycles. The van der Waals surface area contributed by atoms with Crippen molar-refractivity contribution in [2.75, 3.05) is 7.05 Å². The first-order valence-electron chi connectivity index (χ1n) is 7.35. The van der Waals surface area contributed by atoms with Gasteiger partial charge in [-0.15, -0.1) is 0 Å². The van der Waals surface area contributed by atoms with Crippen molar-refractivity contribution in [2.24, 2.45) is 0 Å². The SMILES string of the molecule is CNC(=O)c1ccc2c(c1)ncn2Cc1ccc(OB(O)O)cc1. The number of carbonyl (C=O) groups excluding carboxylic acids is 1. The molecule has 1 amide bonds. The fourth-order valence-corrected chi connectivity index (χ4v) is 2.47. The summed E-state index contributed by atoms with van der Waals surface area (Å²) in [6, 6.07) is 12.4. The highest BCUT2D eigenvalue weighted by Gasteiger charge is 2.11. The molecule has 1 heterocycles. The van der Waals surface area contributed by atoms with Crippen molar-refractivity contribution in [1.82, 2.24) is 14.9 Å². The van der Waals surface area contributed by atoms with Crippen LogP contribution in [0.3, 0.4) is 0 Å². The molecule has 3 rings (SSSR count). The first-order chi connectivity index (χ1) is 11.6. The van der Waals surface area contributed by atoms with Gasteiger partial charge in [0.2, 0.25) is 0 Å². The minimum atomic E-state index is -1.83. The Labute approximate surface area is 138 Å². The van der Waals surface area contributed by atoms with E-state index < -0.39 is 7.32 Å². The van der Waals surface area contributed by atoms with Gasteiger partial charge >= 0.3 is 7.32 Å². The molecular weight excluding hydrogens is 309 g/mol. The van der Waals surface area contributed by atoms with E-state index in [2.05, 4.69) is 10.3 Å². The van der Waals surface area contributed by atoms with Gasteiger partial charge in [0.05, 0.1) is 17.4 Å². The Morgan fingerprint density at radius 3 is 2.67 bits per heavy atom. The van der Waals surface area contributed by atoms with Crippen molar-refractivity contribution in [3.63, 3.8) is 0 Å². The predicted molar refractivity (Wildman–Crippen MR) is 89.5 cm³/mol. The maximum atomic E-state index is 11.7. The molecule has 0 aliphatic carbocycles. The molecule has 1 aromatic heterocycles. The number of imidazole rings is 1. The Bertz CT molecular complexity index is 861. The number of nitrogens with zero attached hydrogens (tertiary/aromatic N) is 2. The summed E-state index contributed by atoms with van der Waals surface area (Å²) < 4.78 is 6.75. The van der Waals surface area contributed by atoms with Crippen molar-refractivity contribution < 1.29 is 19.5 Å². The van der Waals surface area contributed by atoms with Crippen LogP contribution < -0.4 is 9.97 Å². The molecule has 0 aliphatic rings. The monoisotopic (exact) mass is 325 g/mol.